The van der Waals surface area contributed by atoms with E-state index in [2.05, 4.69) is 10.6 Å². The molecule has 2 rings (SSSR count). The van der Waals surface area contributed by atoms with Gasteiger partial charge in [-0.25, -0.2) is 0 Å². The number of rotatable bonds is 3. The summed E-state index contributed by atoms with van der Waals surface area (Å²) >= 11 is 0. The number of phenolic OH excluding ortho intramolecular Hbond substituents is 1. The van der Waals surface area contributed by atoms with Crippen molar-refractivity contribution in [1.29, 1.82) is 0 Å². The highest BCUT2D eigenvalue weighted by atomic mass is 16.3. The van der Waals surface area contributed by atoms with Crippen LogP contribution in [0.15, 0.2) is 24.3 Å². The van der Waals surface area contributed by atoms with E-state index >= 15 is 0 Å². The highest BCUT2D eigenvalue weighted by molar-refractivity contribution is 5.55. The van der Waals surface area contributed by atoms with Gasteiger partial charge in [0, 0.05) is 25.6 Å². The van der Waals surface area contributed by atoms with Crippen LogP contribution in [0.2, 0.25) is 0 Å². The summed E-state index contributed by atoms with van der Waals surface area (Å²) in [6, 6.07) is 7.33. The monoisotopic (exact) mass is 178 g/mol. The van der Waals surface area contributed by atoms with Gasteiger partial charge < -0.3 is 15.7 Å². The fourth-order valence-electron chi connectivity index (χ4n) is 1.37. The third kappa shape index (κ3) is 1.92. The smallest absolute Gasteiger partial charge is 0.138 e. The van der Waals surface area contributed by atoms with Crippen molar-refractivity contribution in [3.63, 3.8) is 0 Å². The number of aromatic hydroxyl groups is 1. The Labute approximate surface area is 77.8 Å². The first-order valence-electron chi connectivity index (χ1n) is 4.59. The summed E-state index contributed by atoms with van der Waals surface area (Å²) in [6.45, 7) is 3.10. The molecule has 0 radical (unpaired) electrons. The number of para-hydroxylation sites is 2. The SMILES string of the molecule is Oc1ccccc1NCC1CNC1. The van der Waals surface area contributed by atoms with Crippen molar-refractivity contribution in [2.45, 2.75) is 0 Å². The summed E-state index contributed by atoms with van der Waals surface area (Å²) in [7, 11) is 0. The molecule has 70 valence electrons. The lowest BCUT2D eigenvalue weighted by molar-refractivity contribution is 0.365. The Balaban J connectivity index is 1.89. The van der Waals surface area contributed by atoms with E-state index in [-0.39, 0.29) is 0 Å². The maximum absolute atomic E-state index is 9.44. The fraction of sp³-hybridized carbons (Fsp3) is 0.400. The van der Waals surface area contributed by atoms with E-state index in [0.29, 0.717) is 11.7 Å². The van der Waals surface area contributed by atoms with E-state index in [0.717, 1.165) is 25.3 Å². The molecule has 1 aromatic carbocycles. The average Bonchev–Trinajstić information content (AvgIpc) is 2.05. The summed E-state index contributed by atoms with van der Waals surface area (Å²) in [5, 5.41) is 15.9. The minimum atomic E-state index is 0.329. The molecule has 0 amide bonds. The number of hydrogen-bond acceptors (Lipinski definition) is 3. The van der Waals surface area contributed by atoms with Gasteiger partial charge in [-0.05, 0) is 12.1 Å². The molecule has 1 aromatic rings. The Kier molecular flexibility index (Phi) is 2.36. The molecule has 0 unspecified atom stereocenters. The second-order valence-electron chi connectivity index (χ2n) is 3.42. The van der Waals surface area contributed by atoms with Gasteiger partial charge in [-0.2, -0.15) is 0 Å². The third-order valence-electron chi connectivity index (χ3n) is 2.35. The molecule has 1 aliphatic heterocycles. The lowest BCUT2D eigenvalue weighted by Crippen LogP contribution is -2.45. The van der Waals surface area contributed by atoms with Crippen molar-refractivity contribution in [2.24, 2.45) is 5.92 Å². The maximum Gasteiger partial charge on any atom is 0.138 e. The van der Waals surface area contributed by atoms with Crippen LogP contribution >= 0.6 is 0 Å². The van der Waals surface area contributed by atoms with E-state index in [9.17, 15) is 5.11 Å². The molecule has 0 bridgehead atoms. The minimum Gasteiger partial charge on any atom is -0.506 e. The second-order valence-corrected chi connectivity index (χ2v) is 3.42. The number of hydrogen-bond donors (Lipinski definition) is 3. The molecule has 0 spiro atoms. The topological polar surface area (TPSA) is 44.3 Å². The van der Waals surface area contributed by atoms with Crippen LogP contribution in [0.3, 0.4) is 0 Å². The lowest BCUT2D eigenvalue weighted by atomic mass is 10.0. The summed E-state index contributed by atoms with van der Waals surface area (Å²) in [4.78, 5) is 0. The Morgan fingerprint density at radius 2 is 2.15 bits per heavy atom. The van der Waals surface area contributed by atoms with Crippen LogP contribution in [0.1, 0.15) is 0 Å². The van der Waals surface area contributed by atoms with Gasteiger partial charge in [-0.15, -0.1) is 0 Å². The third-order valence-corrected chi connectivity index (χ3v) is 2.35. The number of nitrogens with one attached hydrogen (secondary N) is 2. The summed E-state index contributed by atoms with van der Waals surface area (Å²) in [5.41, 5.74) is 0.828. The zero-order valence-corrected chi connectivity index (χ0v) is 7.46. The van der Waals surface area contributed by atoms with E-state index in [1.54, 1.807) is 6.07 Å². The van der Waals surface area contributed by atoms with Crippen molar-refractivity contribution in [2.75, 3.05) is 25.0 Å². The van der Waals surface area contributed by atoms with Crippen LogP contribution in [0.25, 0.3) is 0 Å². The zero-order valence-electron chi connectivity index (χ0n) is 7.46. The molecular formula is C10H14N2O. The van der Waals surface area contributed by atoms with Crippen LogP contribution in [0.4, 0.5) is 5.69 Å². The van der Waals surface area contributed by atoms with Gasteiger partial charge in [-0.1, -0.05) is 12.1 Å². The van der Waals surface area contributed by atoms with Gasteiger partial charge in [0.2, 0.25) is 0 Å². The molecule has 3 nitrogen and oxygen atoms in total. The second kappa shape index (κ2) is 3.66. The van der Waals surface area contributed by atoms with E-state index < -0.39 is 0 Å². The van der Waals surface area contributed by atoms with Gasteiger partial charge in [0.1, 0.15) is 5.75 Å². The van der Waals surface area contributed by atoms with Crippen LogP contribution in [-0.4, -0.2) is 24.7 Å². The van der Waals surface area contributed by atoms with Gasteiger partial charge in [0.25, 0.3) is 0 Å². The van der Waals surface area contributed by atoms with E-state index in [1.807, 2.05) is 18.2 Å². The van der Waals surface area contributed by atoms with Crippen LogP contribution in [0.5, 0.6) is 5.75 Å². The summed E-state index contributed by atoms with van der Waals surface area (Å²) < 4.78 is 0. The first-order valence-corrected chi connectivity index (χ1v) is 4.59. The Morgan fingerprint density at radius 3 is 2.77 bits per heavy atom. The standard InChI is InChI=1S/C10H14N2O/c13-10-4-2-1-3-9(10)12-7-8-5-11-6-8/h1-4,8,11-13H,5-7H2. The zero-order chi connectivity index (χ0) is 9.10. The van der Waals surface area contributed by atoms with E-state index in [1.165, 1.54) is 0 Å². The number of benzene rings is 1. The Morgan fingerprint density at radius 1 is 1.38 bits per heavy atom. The molecule has 0 aromatic heterocycles. The predicted molar refractivity (Wildman–Crippen MR) is 53.0 cm³/mol. The fourth-order valence-corrected chi connectivity index (χ4v) is 1.37. The molecule has 13 heavy (non-hydrogen) atoms. The van der Waals surface area contributed by atoms with Crippen molar-refractivity contribution in [3.05, 3.63) is 24.3 Å². The lowest BCUT2D eigenvalue weighted by Gasteiger charge is -2.27. The molecule has 0 aliphatic carbocycles. The largest absolute Gasteiger partial charge is 0.506 e. The van der Waals surface area contributed by atoms with Crippen molar-refractivity contribution < 1.29 is 5.11 Å². The van der Waals surface area contributed by atoms with Gasteiger partial charge in [-0.3, -0.25) is 0 Å². The molecule has 1 fully saturated rings. The molecule has 1 saturated heterocycles. The van der Waals surface area contributed by atoms with Crippen LogP contribution < -0.4 is 10.6 Å². The highest BCUT2D eigenvalue weighted by Gasteiger charge is 2.16. The maximum atomic E-state index is 9.44. The van der Waals surface area contributed by atoms with Gasteiger partial charge in [0.05, 0.1) is 5.69 Å². The van der Waals surface area contributed by atoms with E-state index in [4.69, 9.17) is 0 Å². The molecule has 1 aliphatic rings. The van der Waals surface area contributed by atoms with Gasteiger partial charge in [0.15, 0.2) is 0 Å². The van der Waals surface area contributed by atoms with Crippen molar-refractivity contribution in [3.8, 4) is 5.75 Å². The van der Waals surface area contributed by atoms with Crippen molar-refractivity contribution >= 4 is 5.69 Å². The summed E-state index contributed by atoms with van der Waals surface area (Å²) in [5.74, 6) is 1.04. The quantitative estimate of drug-likeness (QED) is 0.605. The van der Waals surface area contributed by atoms with Gasteiger partial charge >= 0.3 is 0 Å². The molecule has 3 heteroatoms. The molecule has 0 atom stereocenters. The molecule has 3 N–H and O–H groups in total. The summed E-state index contributed by atoms with van der Waals surface area (Å²) in [6.07, 6.45) is 0. The normalized spacial score (nSPS) is 16.6. The molecule has 1 heterocycles. The molecular weight excluding hydrogens is 164 g/mol. The first kappa shape index (κ1) is 8.38. The minimum absolute atomic E-state index is 0.329. The number of anilines is 1. The van der Waals surface area contributed by atoms with Crippen LogP contribution in [-0.2, 0) is 0 Å². The predicted octanol–water partition coefficient (Wildman–Crippen LogP) is 1.02. The Hall–Kier alpha value is -1.22. The first-order chi connectivity index (χ1) is 6.36. The van der Waals surface area contributed by atoms with Crippen LogP contribution in [0, 0.1) is 5.92 Å². The highest BCUT2D eigenvalue weighted by Crippen LogP contribution is 2.21. The molecule has 0 saturated carbocycles. The van der Waals surface area contributed by atoms with Crippen molar-refractivity contribution in [1.82, 2.24) is 5.32 Å². The Bertz CT molecular complexity index is 284. The number of phenols is 1. The average molecular weight is 178 g/mol.